The number of halogens is 3. The van der Waals surface area contributed by atoms with Gasteiger partial charge in [-0.3, -0.25) is 0 Å². The molecular weight excluding hydrogens is 326 g/mol. The molecule has 118 valence electrons. The highest BCUT2D eigenvalue weighted by Crippen LogP contribution is 2.23. The lowest BCUT2D eigenvalue weighted by Crippen LogP contribution is -2.11. The number of rotatable bonds is 7. The molecule has 0 unspecified atom stereocenters. The van der Waals surface area contributed by atoms with Gasteiger partial charge in [0.2, 0.25) is 0 Å². The number of esters is 1. The molecular formula is C13H15ClF2O4S. The quantitative estimate of drug-likeness (QED) is 0.432. The van der Waals surface area contributed by atoms with E-state index in [0.29, 0.717) is 18.6 Å². The van der Waals surface area contributed by atoms with Crippen LogP contribution < -0.4 is 0 Å². The Labute approximate surface area is 126 Å². The predicted octanol–water partition coefficient (Wildman–Crippen LogP) is 3.63. The van der Waals surface area contributed by atoms with E-state index in [1.807, 2.05) is 6.92 Å². The Morgan fingerprint density at radius 1 is 1.19 bits per heavy atom. The maximum Gasteiger partial charge on any atom is 0.341 e. The van der Waals surface area contributed by atoms with Gasteiger partial charge in [-0.1, -0.05) is 26.2 Å². The summed E-state index contributed by atoms with van der Waals surface area (Å²) in [6.07, 6.45) is 3.47. The standard InChI is InChI=1S/C13H15ClF2O4S/c1-2-3-4-5-6-20-13(17)9-7-12(21(14,18)19)11(16)8-10(9)15/h7-8H,2-6H2,1H3. The summed E-state index contributed by atoms with van der Waals surface area (Å²) in [7, 11) is 0.596. The van der Waals surface area contributed by atoms with Crippen molar-refractivity contribution >= 4 is 25.7 Å². The minimum Gasteiger partial charge on any atom is -0.462 e. The van der Waals surface area contributed by atoms with Crippen LogP contribution in [0.2, 0.25) is 0 Å². The molecule has 0 saturated carbocycles. The Morgan fingerprint density at radius 3 is 2.43 bits per heavy atom. The number of hydrogen-bond donors (Lipinski definition) is 0. The van der Waals surface area contributed by atoms with E-state index < -0.39 is 37.1 Å². The highest BCUT2D eigenvalue weighted by atomic mass is 35.7. The van der Waals surface area contributed by atoms with Gasteiger partial charge in [0.15, 0.2) is 0 Å². The zero-order valence-corrected chi connectivity index (χ0v) is 12.9. The molecule has 0 fully saturated rings. The van der Waals surface area contributed by atoms with Gasteiger partial charge < -0.3 is 4.74 Å². The fraction of sp³-hybridized carbons (Fsp3) is 0.462. The van der Waals surface area contributed by atoms with Crippen LogP contribution in [0.3, 0.4) is 0 Å². The maximum absolute atomic E-state index is 13.5. The van der Waals surface area contributed by atoms with Gasteiger partial charge in [0.05, 0.1) is 12.2 Å². The first-order chi connectivity index (χ1) is 9.77. The molecule has 0 bridgehead atoms. The smallest absolute Gasteiger partial charge is 0.341 e. The van der Waals surface area contributed by atoms with E-state index in [1.54, 1.807) is 0 Å². The molecule has 1 aromatic carbocycles. The summed E-state index contributed by atoms with van der Waals surface area (Å²) in [5.41, 5.74) is -0.661. The van der Waals surface area contributed by atoms with Crippen LogP contribution in [0.4, 0.5) is 8.78 Å². The summed E-state index contributed by atoms with van der Waals surface area (Å²) < 4.78 is 53.9. The molecule has 0 heterocycles. The number of carbonyl (C=O) groups is 1. The molecule has 0 aliphatic heterocycles. The molecule has 21 heavy (non-hydrogen) atoms. The van der Waals surface area contributed by atoms with Crippen LogP contribution >= 0.6 is 10.7 Å². The lowest BCUT2D eigenvalue weighted by Gasteiger charge is -2.07. The van der Waals surface area contributed by atoms with Crippen molar-refractivity contribution in [2.45, 2.75) is 37.5 Å². The lowest BCUT2D eigenvalue weighted by atomic mass is 10.2. The number of unbranched alkanes of at least 4 members (excludes halogenated alkanes) is 3. The average Bonchev–Trinajstić information content (AvgIpc) is 2.36. The molecule has 4 nitrogen and oxygen atoms in total. The molecule has 0 atom stereocenters. The Balaban J connectivity index is 2.85. The van der Waals surface area contributed by atoms with Gasteiger partial charge in [0, 0.05) is 16.7 Å². The molecule has 0 amide bonds. The Morgan fingerprint density at radius 2 is 1.86 bits per heavy atom. The predicted molar refractivity (Wildman–Crippen MR) is 73.8 cm³/mol. The number of benzene rings is 1. The fourth-order valence-corrected chi connectivity index (χ4v) is 2.55. The zero-order chi connectivity index (χ0) is 16.0. The van der Waals surface area contributed by atoms with Gasteiger partial charge in [-0.2, -0.15) is 0 Å². The Bertz CT molecular complexity index is 617. The Hall–Kier alpha value is -1.21. The molecule has 0 saturated heterocycles. The second-order valence-corrected chi connectivity index (χ2v) is 6.93. The summed E-state index contributed by atoms with van der Waals surface area (Å²) in [6.45, 7) is 2.10. The van der Waals surface area contributed by atoms with Gasteiger partial charge in [-0.25, -0.2) is 22.0 Å². The third-order valence-electron chi connectivity index (χ3n) is 2.74. The summed E-state index contributed by atoms with van der Waals surface area (Å²) in [5.74, 6) is -3.61. The highest BCUT2D eigenvalue weighted by molar-refractivity contribution is 8.13. The monoisotopic (exact) mass is 340 g/mol. The second-order valence-electron chi connectivity index (χ2n) is 4.40. The SMILES string of the molecule is CCCCCCOC(=O)c1cc(S(=O)(=O)Cl)c(F)cc1F. The molecule has 1 aromatic rings. The molecule has 0 spiro atoms. The van der Waals surface area contributed by atoms with Gasteiger partial charge in [-0.05, 0) is 12.5 Å². The van der Waals surface area contributed by atoms with E-state index in [2.05, 4.69) is 0 Å². The molecule has 0 N–H and O–H groups in total. The molecule has 0 aliphatic carbocycles. The lowest BCUT2D eigenvalue weighted by molar-refractivity contribution is 0.0492. The second kappa shape index (κ2) is 7.70. The van der Waals surface area contributed by atoms with Gasteiger partial charge >= 0.3 is 5.97 Å². The zero-order valence-electron chi connectivity index (χ0n) is 11.4. The van der Waals surface area contributed by atoms with Crippen molar-refractivity contribution in [2.24, 2.45) is 0 Å². The Kier molecular flexibility index (Phi) is 6.54. The van der Waals surface area contributed by atoms with Crippen LogP contribution in [-0.4, -0.2) is 21.0 Å². The summed E-state index contributed by atoms with van der Waals surface area (Å²) in [4.78, 5) is 10.7. The van der Waals surface area contributed by atoms with E-state index in [4.69, 9.17) is 15.4 Å². The first-order valence-electron chi connectivity index (χ1n) is 6.38. The minimum atomic E-state index is -4.42. The summed E-state index contributed by atoms with van der Waals surface area (Å²) in [5, 5.41) is 0. The van der Waals surface area contributed by atoms with E-state index >= 15 is 0 Å². The van der Waals surface area contributed by atoms with Gasteiger partial charge in [0.25, 0.3) is 9.05 Å². The van der Waals surface area contributed by atoms with Crippen LogP contribution in [0.15, 0.2) is 17.0 Å². The van der Waals surface area contributed by atoms with Crippen molar-refractivity contribution in [3.63, 3.8) is 0 Å². The highest BCUT2D eigenvalue weighted by Gasteiger charge is 2.23. The van der Waals surface area contributed by atoms with E-state index in [9.17, 15) is 22.0 Å². The largest absolute Gasteiger partial charge is 0.462 e. The van der Waals surface area contributed by atoms with Crippen LogP contribution in [0.5, 0.6) is 0 Å². The first-order valence-corrected chi connectivity index (χ1v) is 8.69. The van der Waals surface area contributed by atoms with E-state index in [0.717, 1.165) is 19.3 Å². The third kappa shape index (κ3) is 5.24. The molecule has 1 rings (SSSR count). The van der Waals surface area contributed by atoms with Crippen molar-refractivity contribution in [1.82, 2.24) is 0 Å². The normalized spacial score (nSPS) is 11.4. The molecule has 8 heteroatoms. The van der Waals surface area contributed by atoms with Crippen LogP contribution in [0.1, 0.15) is 43.0 Å². The van der Waals surface area contributed by atoms with Crippen molar-refractivity contribution in [1.29, 1.82) is 0 Å². The van der Waals surface area contributed by atoms with Crippen molar-refractivity contribution in [3.8, 4) is 0 Å². The van der Waals surface area contributed by atoms with E-state index in [-0.39, 0.29) is 6.61 Å². The van der Waals surface area contributed by atoms with E-state index in [1.165, 1.54) is 0 Å². The van der Waals surface area contributed by atoms with Crippen molar-refractivity contribution in [2.75, 3.05) is 6.61 Å². The minimum absolute atomic E-state index is 0.0820. The molecule has 0 aromatic heterocycles. The average molecular weight is 341 g/mol. The first kappa shape index (κ1) is 17.8. The topological polar surface area (TPSA) is 60.4 Å². The summed E-state index contributed by atoms with van der Waals surface area (Å²) in [6, 6.07) is 0.838. The van der Waals surface area contributed by atoms with Crippen molar-refractivity contribution < 1.29 is 26.7 Å². The van der Waals surface area contributed by atoms with Crippen LogP contribution in [0.25, 0.3) is 0 Å². The fourth-order valence-electron chi connectivity index (χ4n) is 1.64. The van der Waals surface area contributed by atoms with Crippen molar-refractivity contribution in [3.05, 3.63) is 29.3 Å². The third-order valence-corrected chi connectivity index (χ3v) is 4.07. The molecule has 0 radical (unpaired) electrons. The van der Waals surface area contributed by atoms with Gasteiger partial charge in [-0.15, -0.1) is 0 Å². The molecule has 0 aliphatic rings. The van der Waals surface area contributed by atoms with Crippen LogP contribution in [0, 0.1) is 11.6 Å². The van der Waals surface area contributed by atoms with Crippen LogP contribution in [-0.2, 0) is 13.8 Å². The van der Waals surface area contributed by atoms with Gasteiger partial charge in [0.1, 0.15) is 16.5 Å². The number of hydrogen-bond acceptors (Lipinski definition) is 4. The maximum atomic E-state index is 13.5. The summed E-state index contributed by atoms with van der Waals surface area (Å²) >= 11 is 0. The number of carbonyl (C=O) groups excluding carboxylic acids is 1. The number of ether oxygens (including phenoxy) is 1.